The van der Waals surface area contributed by atoms with Gasteiger partial charge in [-0.05, 0) is 36.8 Å². The molecule has 2 aromatic carbocycles. The van der Waals surface area contributed by atoms with Gasteiger partial charge in [-0.1, -0.05) is 19.1 Å². The van der Waals surface area contributed by atoms with E-state index < -0.39 is 11.4 Å². The molecule has 7 heteroatoms. The minimum Gasteiger partial charge on any atom is -0.484 e. The zero-order valence-corrected chi connectivity index (χ0v) is 15.7. The van der Waals surface area contributed by atoms with E-state index in [2.05, 4.69) is 5.32 Å². The van der Waals surface area contributed by atoms with Crippen molar-refractivity contribution in [1.82, 2.24) is 5.32 Å². The molecule has 0 aliphatic heterocycles. The van der Waals surface area contributed by atoms with Crippen LogP contribution in [0.25, 0.3) is 20.2 Å². The van der Waals surface area contributed by atoms with Gasteiger partial charge >= 0.3 is 0 Å². The predicted octanol–water partition coefficient (Wildman–Crippen LogP) is 2.04. The number of rotatable bonds is 7. The minimum absolute atomic E-state index is 0.0696. The van der Waals surface area contributed by atoms with Gasteiger partial charge in [0.05, 0.1) is 18.8 Å². The Morgan fingerprint density at radius 1 is 1.11 bits per heavy atom. The number of carbonyl (C=O) groups is 1. The van der Waals surface area contributed by atoms with Crippen LogP contribution in [-0.4, -0.2) is 41.5 Å². The fourth-order valence-electron chi connectivity index (χ4n) is 2.79. The second-order valence-electron chi connectivity index (χ2n) is 6.37. The minimum atomic E-state index is -1.06. The van der Waals surface area contributed by atoms with E-state index in [0.717, 1.165) is 9.40 Å². The Labute approximate surface area is 160 Å². The molecule has 0 aliphatic carbocycles. The van der Waals surface area contributed by atoms with Crippen LogP contribution in [0.15, 0.2) is 47.3 Å². The van der Waals surface area contributed by atoms with Crippen molar-refractivity contribution in [2.24, 2.45) is 0 Å². The summed E-state index contributed by atoms with van der Waals surface area (Å²) in [6, 6.07) is 12.6. The number of aliphatic hydroxyl groups excluding tert-OH is 2. The van der Waals surface area contributed by atoms with Crippen molar-refractivity contribution in [2.75, 3.05) is 19.8 Å². The number of aliphatic hydroxyl groups is 2. The lowest BCUT2D eigenvalue weighted by atomic mass is 9.98. The number of carbonyl (C=O) groups excluding carboxylic acids is 1. The molecule has 0 unspecified atom stereocenters. The molecule has 0 fully saturated rings. The largest absolute Gasteiger partial charge is 0.484 e. The lowest BCUT2D eigenvalue weighted by molar-refractivity contribution is -0.126. The quantitative estimate of drug-likeness (QED) is 0.539. The van der Waals surface area contributed by atoms with Gasteiger partial charge in [-0.15, -0.1) is 11.3 Å². The van der Waals surface area contributed by atoms with Crippen LogP contribution in [0.3, 0.4) is 0 Å². The first-order valence-corrected chi connectivity index (χ1v) is 9.44. The predicted molar refractivity (Wildman–Crippen MR) is 106 cm³/mol. The van der Waals surface area contributed by atoms with E-state index in [-0.39, 0.29) is 25.2 Å². The third-order valence-electron chi connectivity index (χ3n) is 4.60. The van der Waals surface area contributed by atoms with Gasteiger partial charge in [-0.2, -0.15) is 0 Å². The monoisotopic (exact) mass is 387 g/mol. The summed E-state index contributed by atoms with van der Waals surface area (Å²) in [4.78, 5) is 24.8. The number of ether oxygens (including phenoxy) is 1. The Kier molecular flexibility index (Phi) is 5.74. The van der Waals surface area contributed by atoms with Gasteiger partial charge in [0.1, 0.15) is 5.75 Å². The van der Waals surface area contributed by atoms with E-state index in [4.69, 9.17) is 4.74 Å². The molecule has 0 saturated carbocycles. The van der Waals surface area contributed by atoms with Crippen molar-refractivity contribution >= 4 is 37.4 Å². The van der Waals surface area contributed by atoms with Crippen molar-refractivity contribution < 1.29 is 19.7 Å². The van der Waals surface area contributed by atoms with Gasteiger partial charge in [-0.3, -0.25) is 9.59 Å². The Morgan fingerprint density at radius 2 is 1.81 bits per heavy atom. The molecule has 1 aromatic heterocycles. The number of amides is 1. The van der Waals surface area contributed by atoms with Crippen LogP contribution >= 0.6 is 11.3 Å². The highest BCUT2D eigenvalue weighted by Crippen LogP contribution is 2.27. The van der Waals surface area contributed by atoms with E-state index in [0.29, 0.717) is 22.9 Å². The highest BCUT2D eigenvalue weighted by Gasteiger charge is 2.28. The van der Waals surface area contributed by atoms with Crippen LogP contribution < -0.4 is 15.5 Å². The van der Waals surface area contributed by atoms with E-state index >= 15 is 0 Å². The molecule has 1 heterocycles. The summed E-state index contributed by atoms with van der Waals surface area (Å²) < 4.78 is 7.28. The van der Waals surface area contributed by atoms with Gasteiger partial charge in [-0.25, -0.2) is 0 Å². The lowest BCUT2D eigenvalue weighted by Gasteiger charge is -2.29. The number of hydrogen-bond donors (Lipinski definition) is 3. The van der Waals surface area contributed by atoms with E-state index in [1.165, 1.54) is 11.3 Å². The Hall–Kier alpha value is -2.48. The van der Waals surface area contributed by atoms with Crippen LogP contribution in [-0.2, 0) is 4.79 Å². The molecule has 3 N–H and O–H groups in total. The molecule has 142 valence electrons. The Bertz CT molecular complexity index is 1020. The molecule has 0 bridgehead atoms. The zero-order valence-electron chi connectivity index (χ0n) is 14.9. The lowest BCUT2D eigenvalue weighted by Crippen LogP contribution is -2.54. The molecule has 3 aromatic rings. The maximum atomic E-state index is 12.7. The number of nitrogens with one attached hydrogen (secondary N) is 1. The molecule has 27 heavy (non-hydrogen) atoms. The smallest absolute Gasteiger partial charge is 0.258 e. The Balaban J connectivity index is 1.80. The number of hydrogen-bond acceptors (Lipinski definition) is 6. The normalized spacial score (nSPS) is 11.7. The standard InChI is InChI=1S/C20H21NO5S/c1-2-20(11-22,12-23)21-18(24)10-26-13-7-8-17-15(9-13)19(25)14-5-3-4-6-16(14)27-17/h3-9,22-23H,2,10-12H2,1H3,(H,21,24). The molecular weight excluding hydrogens is 366 g/mol. The van der Waals surface area contributed by atoms with Crippen molar-refractivity contribution in [2.45, 2.75) is 18.9 Å². The summed E-state index contributed by atoms with van der Waals surface area (Å²) in [5, 5.41) is 22.6. The van der Waals surface area contributed by atoms with Gasteiger partial charge in [0.25, 0.3) is 5.91 Å². The highest BCUT2D eigenvalue weighted by atomic mass is 32.1. The first-order chi connectivity index (χ1) is 13.0. The van der Waals surface area contributed by atoms with E-state index in [1.54, 1.807) is 31.2 Å². The average molecular weight is 387 g/mol. The van der Waals surface area contributed by atoms with Crippen LogP contribution in [0.4, 0.5) is 0 Å². The molecule has 0 aliphatic rings. The van der Waals surface area contributed by atoms with E-state index in [1.807, 2.05) is 18.2 Å². The third kappa shape index (κ3) is 3.95. The summed E-state index contributed by atoms with van der Waals surface area (Å²) >= 11 is 1.52. The first-order valence-electron chi connectivity index (χ1n) is 8.63. The maximum Gasteiger partial charge on any atom is 0.258 e. The average Bonchev–Trinajstić information content (AvgIpc) is 2.71. The molecule has 1 amide bonds. The Morgan fingerprint density at radius 3 is 2.52 bits per heavy atom. The van der Waals surface area contributed by atoms with Gasteiger partial charge in [0, 0.05) is 20.2 Å². The second-order valence-corrected chi connectivity index (χ2v) is 7.46. The van der Waals surface area contributed by atoms with Crippen LogP contribution in [0.5, 0.6) is 5.75 Å². The summed E-state index contributed by atoms with van der Waals surface area (Å²) in [6.07, 6.45) is 0.385. The van der Waals surface area contributed by atoms with Crippen molar-refractivity contribution in [3.63, 3.8) is 0 Å². The van der Waals surface area contributed by atoms with Crippen molar-refractivity contribution in [3.8, 4) is 5.75 Å². The second kappa shape index (κ2) is 8.04. The topological polar surface area (TPSA) is 95.9 Å². The van der Waals surface area contributed by atoms with Gasteiger partial charge in [0.15, 0.2) is 12.0 Å². The summed E-state index contributed by atoms with van der Waals surface area (Å²) in [5.41, 5.74) is -1.13. The van der Waals surface area contributed by atoms with Gasteiger partial charge in [0.2, 0.25) is 0 Å². The van der Waals surface area contributed by atoms with E-state index in [9.17, 15) is 19.8 Å². The SMILES string of the molecule is CCC(CO)(CO)NC(=O)COc1ccc2sc3ccccc3c(=O)c2c1. The summed E-state index contributed by atoms with van der Waals surface area (Å²) in [7, 11) is 0. The third-order valence-corrected chi connectivity index (χ3v) is 5.76. The fourth-order valence-corrected chi connectivity index (χ4v) is 3.85. The molecule has 0 spiro atoms. The summed E-state index contributed by atoms with van der Waals surface area (Å²) in [6.45, 7) is 0.752. The molecule has 0 radical (unpaired) electrons. The molecular formula is C20H21NO5S. The number of fused-ring (bicyclic) bond motifs is 2. The van der Waals surface area contributed by atoms with Crippen LogP contribution in [0.1, 0.15) is 13.3 Å². The molecule has 3 rings (SSSR count). The van der Waals surface area contributed by atoms with Crippen LogP contribution in [0, 0.1) is 0 Å². The highest BCUT2D eigenvalue weighted by molar-refractivity contribution is 7.24. The molecule has 0 saturated heterocycles. The first kappa shape index (κ1) is 19.3. The summed E-state index contributed by atoms with van der Waals surface area (Å²) in [5.74, 6) is -0.0453. The fraction of sp³-hybridized carbons (Fsp3) is 0.300. The molecule has 0 atom stereocenters. The van der Waals surface area contributed by atoms with Crippen molar-refractivity contribution in [1.29, 1.82) is 0 Å². The van der Waals surface area contributed by atoms with Crippen molar-refractivity contribution in [3.05, 3.63) is 52.7 Å². The van der Waals surface area contributed by atoms with Gasteiger partial charge < -0.3 is 20.3 Å². The maximum absolute atomic E-state index is 12.7. The van der Waals surface area contributed by atoms with Crippen LogP contribution in [0.2, 0.25) is 0 Å². The zero-order chi connectivity index (χ0) is 19.4. The number of benzene rings is 2. The molecule has 6 nitrogen and oxygen atoms in total.